The second-order valence-corrected chi connectivity index (χ2v) is 14.3. The van der Waals surface area contributed by atoms with Crippen LogP contribution in [0, 0.1) is 0 Å². The number of rotatable bonds is 12. The number of para-hydroxylation sites is 1. The van der Waals surface area contributed by atoms with Gasteiger partial charge in [-0.1, -0.05) is 114 Å². The minimum atomic E-state index is -4.27. The van der Waals surface area contributed by atoms with Gasteiger partial charge in [-0.25, -0.2) is 8.42 Å². The van der Waals surface area contributed by atoms with Crippen molar-refractivity contribution in [1.29, 1.82) is 0 Å². The molecule has 4 aromatic rings. The number of amides is 2. The lowest BCUT2D eigenvalue weighted by Crippen LogP contribution is -2.54. The Morgan fingerprint density at radius 3 is 1.96 bits per heavy atom. The summed E-state index contributed by atoms with van der Waals surface area (Å²) in [6, 6.07) is 27.6. The van der Waals surface area contributed by atoms with Crippen LogP contribution in [0.25, 0.3) is 0 Å². The van der Waals surface area contributed by atoms with Crippen molar-refractivity contribution in [3.63, 3.8) is 0 Å². The largest absolute Gasteiger partial charge is 0.352 e. The van der Waals surface area contributed by atoms with E-state index in [4.69, 9.17) is 34.8 Å². The van der Waals surface area contributed by atoms with Crippen LogP contribution in [0.15, 0.2) is 108 Å². The summed E-state index contributed by atoms with van der Waals surface area (Å²) in [5, 5.41) is 3.94. The van der Waals surface area contributed by atoms with Gasteiger partial charge in [0.25, 0.3) is 10.0 Å². The van der Waals surface area contributed by atoms with Gasteiger partial charge in [0, 0.05) is 34.6 Å². The van der Waals surface area contributed by atoms with Gasteiger partial charge in [0.1, 0.15) is 12.6 Å². The Morgan fingerprint density at radius 1 is 0.761 bits per heavy atom. The van der Waals surface area contributed by atoms with Gasteiger partial charge in [-0.05, 0) is 54.8 Å². The molecule has 0 bridgehead atoms. The first-order chi connectivity index (χ1) is 22.1. The molecular formula is C35H34Cl3N3O4S. The molecule has 7 nitrogen and oxygen atoms in total. The van der Waals surface area contributed by atoms with Crippen molar-refractivity contribution < 1.29 is 18.0 Å². The molecule has 46 heavy (non-hydrogen) atoms. The van der Waals surface area contributed by atoms with E-state index in [1.807, 2.05) is 30.3 Å². The van der Waals surface area contributed by atoms with E-state index in [1.165, 1.54) is 17.0 Å². The van der Waals surface area contributed by atoms with Gasteiger partial charge in [0.15, 0.2) is 0 Å². The molecule has 4 aromatic carbocycles. The summed E-state index contributed by atoms with van der Waals surface area (Å²) >= 11 is 19.7. The van der Waals surface area contributed by atoms with Crippen molar-refractivity contribution in [3.05, 3.63) is 129 Å². The molecule has 1 aliphatic rings. The maximum atomic E-state index is 14.6. The zero-order chi connectivity index (χ0) is 32.7. The Morgan fingerprint density at radius 2 is 1.33 bits per heavy atom. The van der Waals surface area contributed by atoms with E-state index in [0.29, 0.717) is 15.6 Å². The summed E-state index contributed by atoms with van der Waals surface area (Å²) in [6.45, 7) is -0.764. The minimum absolute atomic E-state index is 0.00953. The Kier molecular flexibility index (Phi) is 11.3. The normalized spacial score (nSPS) is 14.1. The number of benzene rings is 4. The highest BCUT2D eigenvalue weighted by atomic mass is 35.5. The number of hydrogen-bond donors (Lipinski definition) is 1. The SMILES string of the molecule is O=C(NC1CCCC1)C(Cc1ccccc1)N(Cc1c(Cl)cccc1Cl)C(=O)CN(c1ccccc1Cl)S(=O)(=O)c1ccccc1. The maximum absolute atomic E-state index is 14.6. The molecule has 0 heterocycles. The third-order valence-corrected chi connectivity index (χ3v) is 10.9. The highest BCUT2D eigenvalue weighted by Gasteiger charge is 2.36. The third-order valence-electron chi connectivity index (χ3n) is 8.09. The summed E-state index contributed by atoms with van der Waals surface area (Å²) in [5.41, 5.74) is 1.41. The first-order valence-electron chi connectivity index (χ1n) is 15.0. The molecule has 1 unspecified atom stereocenters. The summed E-state index contributed by atoms with van der Waals surface area (Å²) in [4.78, 5) is 30.1. The molecule has 2 amide bonds. The number of hydrogen-bond acceptors (Lipinski definition) is 4. The first kappa shape index (κ1) is 33.8. The monoisotopic (exact) mass is 697 g/mol. The highest BCUT2D eigenvalue weighted by Crippen LogP contribution is 2.32. The molecule has 1 atom stereocenters. The molecule has 11 heteroatoms. The van der Waals surface area contributed by atoms with Crippen LogP contribution in [0.4, 0.5) is 5.69 Å². The fourth-order valence-corrected chi connectivity index (χ4v) is 7.92. The Labute approximate surface area is 285 Å². The van der Waals surface area contributed by atoms with Crippen molar-refractivity contribution >= 4 is 62.3 Å². The lowest BCUT2D eigenvalue weighted by atomic mass is 10.0. The van der Waals surface area contributed by atoms with Crippen LogP contribution in [0.3, 0.4) is 0 Å². The van der Waals surface area contributed by atoms with Crippen LogP contribution in [0.1, 0.15) is 36.8 Å². The topological polar surface area (TPSA) is 86.8 Å². The fourth-order valence-electron chi connectivity index (χ4n) is 5.66. The minimum Gasteiger partial charge on any atom is -0.352 e. The smallest absolute Gasteiger partial charge is 0.264 e. The number of nitrogens with zero attached hydrogens (tertiary/aromatic N) is 2. The number of nitrogens with one attached hydrogen (secondary N) is 1. The molecule has 1 aliphatic carbocycles. The van der Waals surface area contributed by atoms with E-state index in [1.54, 1.807) is 60.7 Å². The average molecular weight is 699 g/mol. The van der Waals surface area contributed by atoms with E-state index in [0.717, 1.165) is 35.6 Å². The van der Waals surface area contributed by atoms with Crippen LogP contribution in [-0.4, -0.2) is 43.8 Å². The van der Waals surface area contributed by atoms with Gasteiger partial charge in [0.05, 0.1) is 15.6 Å². The predicted octanol–water partition coefficient (Wildman–Crippen LogP) is 7.54. The number of halogens is 3. The van der Waals surface area contributed by atoms with Crippen molar-refractivity contribution in [2.75, 3.05) is 10.8 Å². The van der Waals surface area contributed by atoms with E-state index >= 15 is 0 Å². The number of anilines is 1. The zero-order valence-corrected chi connectivity index (χ0v) is 28.1. The molecule has 1 fully saturated rings. The Bertz CT molecular complexity index is 1750. The summed E-state index contributed by atoms with van der Waals surface area (Å²) in [6.07, 6.45) is 3.91. The van der Waals surface area contributed by atoms with Crippen LogP contribution >= 0.6 is 34.8 Å². The molecule has 1 saturated carbocycles. The van der Waals surface area contributed by atoms with E-state index in [9.17, 15) is 18.0 Å². The number of carbonyl (C=O) groups excluding carboxylic acids is 2. The van der Waals surface area contributed by atoms with Crippen molar-refractivity contribution in [3.8, 4) is 0 Å². The van der Waals surface area contributed by atoms with E-state index in [2.05, 4.69) is 5.32 Å². The highest BCUT2D eigenvalue weighted by molar-refractivity contribution is 7.92. The van der Waals surface area contributed by atoms with Crippen molar-refractivity contribution in [2.45, 2.75) is 55.6 Å². The second kappa shape index (κ2) is 15.4. The second-order valence-electron chi connectivity index (χ2n) is 11.2. The molecule has 0 aromatic heterocycles. The Balaban J connectivity index is 1.60. The van der Waals surface area contributed by atoms with Crippen LogP contribution in [-0.2, 0) is 32.6 Å². The maximum Gasteiger partial charge on any atom is 0.264 e. The molecule has 0 aliphatic heterocycles. The lowest BCUT2D eigenvalue weighted by Gasteiger charge is -2.35. The van der Waals surface area contributed by atoms with Crippen molar-refractivity contribution in [1.82, 2.24) is 10.2 Å². The molecule has 0 spiro atoms. The van der Waals surface area contributed by atoms with Gasteiger partial charge >= 0.3 is 0 Å². The molecule has 5 rings (SSSR count). The summed E-state index contributed by atoms with van der Waals surface area (Å²) < 4.78 is 29.2. The molecule has 1 N–H and O–H groups in total. The van der Waals surface area contributed by atoms with Gasteiger partial charge in [0.2, 0.25) is 11.8 Å². The van der Waals surface area contributed by atoms with Gasteiger partial charge in [-0.3, -0.25) is 13.9 Å². The van der Waals surface area contributed by atoms with Gasteiger partial charge < -0.3 is 10.2 Å². The van der Waals surface area contributed by atoms with Crippen LogP contribution in [0.2, 0.25) is 15.1 Å². The lowest BCUT2D eigenvalue weighted by molar-refractivity contribution is -0.140. The standard InChI is InChI=1S/C35H34Cl3N3O4S/c36-29-19-11-20-30(37)28(29)23-40(33(22-25-12-3-1-4-13-25)35(43)39-26-14-7-8-15-26)34(42)24-41(32-21-10-9-18-31(32)38)46(44,45)27-16-5-2-6-17-27/h1-6,9-13,16-21,26,33H,7-8,14-15,22-24H2,(H,39,43). The molecule has 0 radical (unpaired) electrons. The van der Waals surface area contributed by atoms with Crippen LogP contribution in [0.5, 0.6) is 0 Å². The van der Waals surface area contributed by atoms with Crippen LogP contribution < -0.4 is 9.62 Å². The fraction of sp³-hybridized carbons (Fsp3) is 0.257. The number of sulfonamides is 1. The molecule has 0 saturated heterocycles. The zero-order valence-electron chi connectivity index (χ0n) is 25.0. The van der Waals surface area contributed by atoms with Crippen molar-refractivity contribution in [2.24, 2.45) is 0 Å². The first-order valence-corrected chi connectivity index (χ1v) is 17.6. The Hall–Kier alpha value is -3.56. The summed E-state index contributed by atoms with van der Waals surface area (Å²) in [7, 11) is -4.27. The molecule has 240 valence electrons. The van der Waals surface area contributed by atoms with E-state index in [-0.39, 0.29) is 40.5 Å². The molecular weight excluding hydrogens is 665 g/mol. The average Bonchev–Trinajstić information content (AvgIpc) is 3.57. The van der Waals surface area contributed by atoms with Gasteiger partial charge in [-0.2, -0.15) is 0 Å². The predicted molar refractivity (Wildman–Crippen MR) is 184 cm³/mol. The van der Waals surface area contributed by atoms with E-state index < -0.39 is 28.5 Å². The van der Waals surface area contributed by atoms with Gasteiger partial charge in [-0.15, -0.1) is 0 Å². The number of carbonyl (C=O) groups is 2. The third kappa shape index (κ3) is 8.04. The quantitative estimate of drug-likeness (QED) is 0.166. The summed E-state index contributed by atoms with van der Waals surface area (Å²) in [5.74, 6) is -0.958.